The summed E-state index contributed by atoms with van der Waals surface area (Å²) in [7, 11) is -3.25. The van der Waals surface area contributed by atoms with Crippen LogP contribution in [-0.2, 0) is 10.0 Å². The Morgan fingerprint density at radius 2 is 2.00 bits per heavy atom. The minimum atomic E-state index is -3.25. The molecular weight excluding hydrogens is 204 g/mol. The van der Waals surface area contributed by atoms with Gasteiger partial charge in [0.1, 0.15) is 0 Å². The number of aliphatic hydroxyl groups excluding tert-OH is 1. The summed E-state index contributed by atoms with van der Waals surface area (Å²) in [4.78, 5) is 0. The first-order chi connectivity index (χ1) is 6.45. The van der Waals surface area contributed by atoms with Gasteiger partial charge in [0, 0.05) is 12.6 Å². The van der Waals surface area contributed by atoms with Gasteiger partial charge in [-0.05, 0) is 26.8 Å². The molecule has 0 unspecified atom stereocenters. The second kappa shape index (κ2) is 6.34. The van der Waals surface area contributed by atoms with Crippen LogP contribution in [0.25, 0.3) is 0 Å². The molecule has 0 spiro atoms. The van der Waals surface area contributed by atoms with E-state index < -0.39 is 10.0 Å². The highest BCUT2D eigenvalue weighted by Crippen LogP contribution is 2.07. The Morgan fingerprint density at radius 3 is 2.36 bits per heavy atom. The number of hydrogen-bond donors (Lipinski definition) is 2. The highest BCUT2D eigenvalue weighted by molar-refractivity contribution is 7.89. The van der Waals surface area contributed by atoms with Crippen molar-refractivity contribution in [3.05, 3.63) is 0 Å². The average molecular weight is 224 g/mol. The van der Waals surface area contributed by atoms with Crippen LogP contribution in [0.4, 0.5) is 0 Å². The Bertz CT molecular complexity index is 239. The predicted molar refractivity (Wildman–Crippen MR) is 56.4 cm³/mol. The summed E-state index contributed by atoms with van der Waals surface area (Å²) in [6.45, 7) is 3.94. The fourth-order valence-corrected chi connectivity index (χ4v) is 2.97. The number of rotatable bonds is 7. The molecule has 0 rings (SSSR count). The molecule has 0 radical (unpaired) electrons. The predicted octanol–water partition coefficient (Wildman–Crippen LogP) is -0.632. The summed E-state index contributed by atoms with van der Waals surface area (Å²) < 4.78 is 24.7. The van der Waals surface area contributed by atoms with E-state index in [9.17, 15) is 8.42 Å². The topological polar surface area (TPSA) is 83.6 Å². The summed E-state index contributed by atoms with van der Waals surface area (Å²) in [6.07, 6.45) is 0.455. The summed E-state index contributed by atoms with van der Waals surface area (Å²) >= 11 is 0. The van der Waals surface area contributed by atoms with Crippen LogP contribution in [0.3, 0.4) is 0 Å². The highest BCUT2D eigenvalue weighted by Gasteiger charge is 2.23. The zero-order valence-electron chi connectivity index (χ0n) is 8.81. The van der Waals surface area contributed by atoms with E-state index in [1.807, 2.05) is 0 Å². The van der Waals surface area contributed by atoms with Gasteiger partial charge in [0.05, 0.1) is 12.4 Å². The van der Waals surface area contributed by atoms with Crippen LogP contribution in [0, 0.1) is 0 Å². The van der Waals surface area contributed by atoms with Crippen LogP contribution >= 0.6 is 0 Å². The third-order valence-electron chi connectivity index (χ3n) is 1.86. The van der Waals surface area contributed by atoms with Crippen molar-refractivity contribution >= 4 is 10.0 Å². The third-order valence-corrected chi connectivity index (χ3v) is 3.98. The van der Waals surface area contributed by atoms with Gasteiger partial charge in [0.25, 0.3) is 0 Å². The number of hydrogen-bond acceptors (Lipinski definition) is 4. The Balaban J connectivity index is 4.46. The molecule has 0 aliphatic rings. The number of nitrogens with two attached hydrogens (primary N) is 1. The molecule has 0 aliphatic carbocycles. The first-order valence-corrected chi connectivity index (χ1v) is 6.37. The lowest BCUT2D eigenvalue weighted by molar-refractivity contribution is 0.236. The maximum Gasteiger partial charge on any atom is 0.214 e. The van der Waals surface area contributed by atoms with Gasteiger partial charge in [-0.1, -0.05) is 0 Å². The van der Waals surface area contributed by atoms with Crippen molar-refractivity contribution in [2.75, 3.05) is 25.4 Å². The van der Waals surface area contributed by atoms with Gasteiger partial charge in [0.2, 0.25) is 10.0 Å². The maximum atomic E-state index is 11.7. The molecule has 0 aliphatic heterocycles. The summed E-state index contributed by atoms with van der Waals surface area (Å²) in [5.74, 6) is 0.0572. The zero-order chi connectivity index (χ0) is 11.2. The van der Waals surface area contributed by atoms with Crippen LogP contribution in [0.15, 0.2) is 0 Å². The molecule has 0 fully saturated rings. The van der Waals surface area contributed by atoms with Gasteiger partial charge >= 0.3 is 0 Å². The second-order valence-electron chi connectivity index (χ2n) is 3.39. The van der Waals surface area contributed by atoms with Crippen molar-refractivity contribution in [3.63, 3.8) is 0 Å². The largest absolute Gasteiger partial charge is 0.395 e. The third kappa shape index (κ3) is 4.36. The van der Waals surface area contributed by atoms with Gasteiger partial charge < -0.3 is 10.8 Å². The number of sulfonamides is 1. The molecule has 5 nitrogen and oxygen atoms in total. The van der Waals surface area contributed by atoms with Crippen LogP contribution < -0.4 is 5.73 Å². The molecule has 14 heavy (non-hydrogen) atoms. The van der Waals surface area contributed by atoms with E-state index in [-0.39, 0.29) is 24.9 Å². The van der Waals surface area contributed by atoms with Gasteiger partial charge in [-0.25, -0.2) is 8.42 Å². The molecule has 0 saturated carbocycles. The Labute approximate surface area is 85.9 Å². The Hall–Kier alpha value is -0.170. The van der Waals surface area contributed by atoms with Crippen LogP contribution in [0.1, 0.15) is 20.3 Å². The van der Waals surface area contributed by atoms with Crippen molar-refractivity contribution in [1.82, 2.24) is 4.31 Å². The van der Waals surface area contributed by atoms with Gasteiger partial charge in [0.15, 0.2) is 0 Å². The summed E-state index contributed by atoms with van der Waals surface area (Å²) in [5, 5.41) is 8.74. The lowest BCUT2D eigenvalue weighted by atomic mass is 10.4. The van der Waals surface area contributed by atoms with E-state index in [0.717, 1.165) is 0 Å². The molecule has 0 heterocycles. The van der Waals surface area contributed by atoms with Crippen molar-refractivity contribution in [2.24, 2.45) is 5.73 Å². The van der Waals surface area contributed by atoms with E-state index in [4.69, 9.17) is 10.8 Å². The minimum Gasteiger partial charge on any atom is -0.395 e. The van der Waals surface area contributed by atoms with E-state index in [1.54, 1.807) is 13.8 Å². The highest BCUT2D eigenvalue weighted by atomic mass is 32.2. The molecule has 0 aromatic heterocycles. The Morgan fingerprint density at radius 1 is 1.43 bits per heavy atom. The van der Waals surface area contributed by atoms with E-state index in [0.29, 0.717) is 13.0 Å². The molecule has 0 atom stereocenters. The Kier molecular flexibility index (Phi) is 6.26. The first kappa shape index (κ1) is 13.8. The number of aliphatic hydroxyl groups is 1. The SMILES string of the molecule is CC(C)N(CCO)S(=O)(=O)CCCN. The molecule has 86 valence electrons. The molecule has 0 bridgehead atoms. The molecule has 0 amide bonds. The van der Waals surface area contributed by atoms with E-state index in [2.05, 4.69) is 0 Å². The van der Waals surface area contributed by atoms with Crippen LogP contribution in [0.5, 0.6) is 0 Å². The number of nitrogens with zero attached hydrogens (tertiary/aromatic N) is 1. The average Bonchev–Trinajstić information content (AvgIpc) is 2.10. The monoisotopic (exact) mass is 224 g/mol. The van der Waals surface area contributed by atoms with Gasteiger partial charge in [-0.2, -0.15) is 4.31 Å². The van der Waals surface area contributed by atoms with Crippen molar-refractivity contribution in [2.45, 2.75) is 26.3 Å². The molecule has 0 aromatic rings. The first-order valence-electron chi connectivity index (χ1n) is 4.76. The normalized spacial score (nSPS) is 12.7. The van der Waals surface area contributed by atoms with Crippen molar-refractivity contribution < 1.29 is 13.5 Å². The van der Waals surface area contributed by atoms with E-state index in [1.165, 1.54) is 4.31 Å². The molecule has 0 aromatic carbocycles. The van der Waals surface area contributed by atoms with Gasteiger partial charge in [-0.3, -0.25) is 0 Å². The molecule has 6 heteroatoms. The maximum absolute atomic E-state index is 11.7. The summed E-state index contributed by atoms with van der Waals surface area (Å²) in [5.41, 5.74) is 5.25. The second-order valence-corrected chi connectivity index (χ2v) is 5.43. The van der Waals surface area contributed by atoms with Crippen molar-refractivity contribution in [1.29, 1.82) is 0 Å². The quantitative estimate of drug-likeness (QED) is 0.603. The zero-order valence-corrected chi connectivity index (χ0v) is 9.63. The van der Waals surface area contributed by atoms with Crippen LogP contribution in [-0.4, -0.2) is 49.3 Å². The fourth-order valence-electron chi connectivity index (χ4n) is 1.20. The molecular formula is C8H20N2O3S. The molecule has 3 N–H and O–H groups in total. The smallest absolute Gasteiger partial charge is 0.214 e. The molecule has 0 saturated heterocycles. The van der Waals surface area contributed by atoms with Crippen molar-refractivity contribution in [3.8, 4) is 0 Å². The van der Waals surface area contributed by atoms with E-state index >= 15 is 0 Å². The standard InChI is InChI=1S/C8H20N2O3S/c1-8(2)10(5-6-11)14(12,13)7-3-4-9/h8,11H,3-7,9H2,1-2H3. The summed E-state index contributed by atoms with van der Waals surface area (Å²) in [6, 6.07) is -0.120. The lowest BCUT2D eigenvalue weighted by Crippen LogP contribution is -2.40. The van der Waals surface area contributed by atoms with Gasteiger partial charge in [-0.15, -0.1) is 0 Å². The van der Waals surface area contributed by atoms with Crippen LogP contribution in [0.2, 0.25) is 0 Å². The fraction of sp³-hybridized carbons (Fsp3) is 1.00. The minimum absolute atomic E-state index is 0.0572. The lowest BCUT2D eigenvalue weighted by Gasteiger charge is -2.24.